The van der Waals surface area contributed by atoms with Gasteiger partial charge in [-0.25, -0.2) is 0 Å². The van der Waals surface area contributed by atoms with Gasteiger partial charge in [0.2, 0.25) is 0 Å². The van der Waals surface area contributed by atoms with E-state index < -0.39 is 0 Å². The summed E-state index contributed by atoms with van der Waals surface area (Å²) in [4.78, 5) is 11.4. The van der Waals surface area contributed by atoms with Crippen LogP contribution in [-0.2, 0) is 4.79 Å². The second kappa shape index (κ2) is 4.71. The van der Waals surface area contributed by atoms with E-state index in [0.29, 0.717) is 12.8 Å². The molecule has 2 heteroatoms. The van der Waals surface area contributed by atoms with E-state index in [1.54, 1.807) is 12.2 Å². The van der Waals surface area contributed by atoms with E-state index in [1.165, 1.54) is 0 Å². The second-order valence-corrected chi connectivity index (χ2v) is 3.41. The van der Waals surface area contributed by atoms with E-state index in [0.717, 1.165) is 0 Å². The zero-order chi connectivity index (χ0) is 9.61. The molecule has 0 amide bonds. The molecule has 0 rings (SSSR count). The van der Waals surface area contributed by atoms with Crippen LogP contribution in [0.5, 0.6) is 0 Å². The lowest BCUT2D eigenvalue weighted by Crippen LogP contribution is -2.21. The molecule has 0 aromatic rings. The number of carbonyl (C=O) groups is 1. The third kappa shape index (κ3) is 3.34. The highest BCUT2D eigenvalue weighted by Crippen LogP contribution is 2.23. The van der Waals surface area contributed by atoms with Crippen molar-refractivity contribution < 1.29 is 4.79 Å². The van der Waals surface area contributed by atoms with Crippen molar-refractivity contribution in [3.63, 3.8) is 0 Å². The molecule has 0 spiro atoms. The van der Waals surface area contributed by atoms with Crippen molar-refractivity contribution in [2.24, 2.45) is 5.41 Å². The number of carbonyl (C=O) groups excluding carboxylic acids is 1. The minimum atomic E-state index is -0.387. The van der Waals surface area contributed by atoms with Crippen molar-refractivity contribution in [2.75, 3.05) is 0 Å². The number of hydrogen-bond donors (Lipinski definition) is 0. The Kier molecular flexibility index (Phi) is 4.28. The molecule has 0 unspecified atom stereocenters. The van der Waals surface area contributed by atoms with Crippen LogP contribution in [0.1, 0.15) is 33.6 Å². The zero-order valence-electron chi connectivity index (χ0n) is 7.92. The van der Waals surface area contributed by atoms with Crippen molar-refractivity contribution in [3.8, 4) is 6.07 Å². The summed E-state index contributed by atoms with van der Waals surface area (Å²) in [5, 5.41) is 8.36. The first-order valence-electron chi connectivity index (χ1n) is 4.08. The maximum Gasteiger partial charge on any atom is 0.160 e. The van der Waals surface area contributed by atoms with Crippen LogP contribution in [-0.4, -0.2) is 5.78 Å². The summed E-state index contributed by atoms with van der Waals surface area (Å²) in [7, 11) is 0. The van der Waals surface area contributed by atoms with Gasteiger partial charge in [-0.1, -0.05) is 19.9 Å². The van der Waals surface area contributed by atoms with E-state index >= 15 is 0 Å². The summed E-state index contributed by atoms with van der Waals surface area (Å²) in [5.74, 6) is 0.0975. The number of nitriles is 1. The van der Waals surface area contributed by atoms with Crippen LogP contribution < -0.4 is 0 Å². The molecule has 0 aromatic heterocycles. The van der Waals surface area contributed by atoms with Gasteiger partial charge in [0, 0.05) is 11.8 Å². The highest BCUT2D eigenvalue weighted by molar-refractivity contribution is 5.94. The minimum absolute atomic E-state index is 0.0975. The molecule has 0 N–H and O–H groups in total. The number of hydrogen-bond acceptors (Lipinski definition) is 2. The van der Waals surface area contributed by atoms with Gasteiger partial charge < -0.3 is 0 Å². The SMILES string of the molecule is C/C=C/C(=O)C(C)(C)CCC#N. The Morgan fingerprint density at radius 1 is 1.58 bits per heavy atom. The fraction of sp³-hybridized carbons (Fsp3) is 0.600. The molecule has 0 heterocycles. The van der Waals surface area contributed by atoms with Gasteiger partial charge >= 0.3 is 0 Å². The molecule has 0 radical (unpaired) electrons. The third-order valence-corrected chi connectivity index (χ3v) is 1.85. The highest BCUT2D eigenvalue weighted by Gasteiger charge is 2.24. The van der Waals surface area contributed by atoms with Crippen LogP contribution >= 0.6 is 0 Å². The van der Waals surface area contributed by atoms with E-state index in [2.05, 4.69) is 0 Å². The summed E-state index contributed by atoms with van der Waals surface area (Å²) in [5.41, 5.74) is -0.387. The van der Waals surface area contributed by atoms with Crippen molar-refractivity contribution in [1.82, 2.24) is 0 Å². The molecule has 0 fully saturated rings. The maximum absolute atomic E-state index is 11.4. The molecule has 0 saturated carbocycles. The van der Waals surface area contributed by atoms with Crippen molar-refractivity contribution in [2.45, 2.75) is 33.6 Å². The smallest absolute Gasteiger partial charge is 0.160 e. The predicted octanol–water partition coefficient (Wildman–Crippen LogP) is 2.46. The van der Waals surface area contributed by atoms with Crippen LogP contribution in [0.3, 0.4) is 0 Å². The molecule has 0 aromatic carbocycles. The molecule has 0 saturated heterocycles. The maximum atomic E-state index is 11.4. The summed E-state index contributed by atoms with van der Waals surface area (Å²) < 4.78 is 0. The van der Waals surface area contributed by atoms with Gasteiger partial charge in [0.25, 0.3) is 0 Å². The molecule has 12 heavy (non-hydrogen) atoms. The Bertz CT molecular complexity index is 220. The lowest BCUT2D eigenvalue weighted by Gasteiger charge is -2.19. The predicted molar refractivity (Wildman–Crippen MR) is 48.4 cm³/mol. The largest absolute Gasteiger partial charge is 0.294 e. The number of ketones is 1. The molecule has 0 atom stereocenters. The molecule has 66 valence electrons. The first-order chi connectivity index (χ1) is 5.54. The fourth-order valence-electron chi connectivity index (χ4n) is 0.869. The summed E-state index contributed by atoms with van der Waals surface area (Å²) in [6.45, 7) is 5.55. The van der Waals surface area contributed by atoms with Crippen LogP contribution in [0.2, 0.25) is 0 Å². The highest BCUT2D eigenvalue weighted by atomic mass is 16.1. The number of allylic oxidation sites excluding steroid dienone is 2. The zero-order valence-corrected chi connectivity index (χ0v) is 7.92. The second-order valence-electron chi connectivity index (χ2n) is 3.41. The molecule has 0 aliphatic rings. The van der Waals surface area contributed by atoms with Gasteiger partial charge in [-0.3, -0.25) is 4.79 Å². The van der Waals surface area contributed by atoms with E-state index in [1.807, 2.05) is 26.8 Å². The average Bonchev–Trinajstić information content (AvgIpc) is 2.01. The quantitative estimate of drug-likeness (QED) is 0.600. The van der Waals surface area contributed by atoms with Gasteiger partial charge in [0.05, 0.1) is 6.07 Å². The van der Waals surface area contributed by atoms with E-state index in [-0.39, 0.29) is 11.2 Å². The minimum Gasteiger partial charge on any atom is -0.294 e. The van der Waals surface area contributed by atoms with Gasteiger partial charge in [-0.2, -0.15) is 5.26 Å². The third-order valence-electron chi connectivity index (χ3n) is 1.85. The summed E-state index contributed by atoms with van der Waals surface area (Å²) >= 11 is 0. The Labute approximate surface area is 73.9 Å². The van der Waals surface area contributed by atoms with Gasteiger partial charge in [-0.15, -0.1) is 0 Å². The average molecular weight is 165 g/mol. The Hall–Kier alpha value is -1.10. The van der Waals surface area contributed by atoms with Gasteiger partial charge in [-0.05, 0) is 19.4 Å². The van der Waals surface area contributed by atoms with Crippen molar-refractivity contribution >= 4 is 5.78 Å². The topological polar surface area (TPSA) is 40.9 Å². The monoisotopic (exact) mass is 165 g/mol. The van der Waals surface area contributed by atoms with Crippen molar-refractivity contribution in [1.29, 1.82) is 5.26 Å². The van der Waals surface area contributed by atoms with Crippen LogP contribution in [0, 0.1) is 16.7 Å². The molecule has 0 aliphatic heterocycles. The van der Waals surface area contributed by atoms with E-state index in [4.69, 9.17) is 5.26 Å². The van der Waals surface area contributed by atoms with Crippen LogP contribution in [0.25, 0.3) is 0 Å². The molecular weight excluding hydrogens is 150 g/mol. The van der Waals surface area contributed by atoms with E-state index in [9.17, 15) is 4.79 Å². The van der Waals surface area contributed by atoms with Crippen LogP contribution in [0.15, 0.2) is 12.2 Å². The molecule has 2 nitrogen and oxygen atoms in total. The lowest BCUT2D eigenvalue weighted by molar-refractivity contribution is -0.122. The van der Waals surface area contributed by atoms with Gasteiger partial charge in [0.15, 0.2) is 5.78 Å². The number of nitrogens with zero attached hydrogens (tertiary/aromatic N) is 1. The fourth-order valence-corrected chi connectivity index (χ4v) is 0.869. The molecular formula is C10H15NO. The normalized spacial score (nSPS) is 11.5. The Morgan fingerprint density at radius 2 is 2.17 bits per heavy atom. The first kappa shape index (κ1) is 10.9. The summed E-state index contributed by atoms with van der Waals surface area (Å²) in [6, 6.07) is 2.04. The Morgan fingerprint density at radius 3 is 2.58 bits per heavy atom. The molecule has 0 bridgehead atoms. The Balaban J connectivity index is 4.20. The van der Waals surface area contributed by atoms with Crippen molar-refractivity contribution in [3.05, 3.63) is 12.2 Å². The first-order valence-corrected chi connectivity index (χ1v) is 4.08. The standard InChI is InChI=1S/C10H15NO/c1-4-6-9(12)10(2,3)7-5-8-11/h4,6H,5,7H2,1-3H3/b6-4+. The lowest BCUT2D eigenvalue weighted by atomic mass is 9.83. The molecule has 0 aliphatic carbocycles. The van der Waals surface area contributed by atoms with Crippen LogP contribution in [0.4, 0.5) is 0 Å². The number of rotatable bonds is 4. The van der Waals surface area contributed by atoms with Gasteiger partial charge in [0.1, 0.15) is 0 Å². The summed E-state index contributed by atoms with van der Waals surface area (Å²) in [6.07, 6.45) is 4.37.